The fourth-order valence-electron chi connectivity index (χ4n) is 2.01. The van der Waals surface area contributed by atoms with Crippen LogP contribution in [0.5, 0.6) is 0 Å². The molecular weight excluding hydrogens is 296 g/mol. The highest BCUT2D eigenvalue weighted by Crippen LogP contribution is 2.31. The maximum atomic E-state index is 10.9. The number of aryl methyl sites for hydroxylation is 2. The van der Waals surface area contributed by atoms with E-state index >= 15 is 0 Å². The van der Waals surface area contributed by atoms with Crippen molar-refractivity contribution in [3.05, 3.63) is 44.4 Å². The Morgan fingerprint density at radius 3 is 2.65 bits per heavy atom. The SMILES string of the molecule is Cc1nc(C)c(C(C)Nc2ccc(C(=O)O)cc2Cl)s1. The monoisotopic (exact) mass is 310 g/mol. The molecule has 1 heterocycles. The lowest BCUT2D eigenvalue weighted by atomic mass is 10.2. The summed E-state index contributed by atoms with van der Waals surface area (Å²) in [5.41, 5.74) is 1.90. The minimum Gasteiger partial charge on any atom is -0.478 e. The molecular formula is C14H15ClN2O2S. The van der Waals surface area contributed by atoms with Crippen LogP contribution >= 0.6 is 22.9 Å². The molecule has 0 saturated carbocycles. The van der Waals surface area contributed by atoms with E-state index in [1.165, 1.54) is 12.1 Å². The van der Waals surface area contributed by atoms with Gasteiger partial charge in [-0.05, 0) is 39.0 Å². The highest BCUT2D eigenvalue weighted by atomic mass is 35.5. The van der Waals surface area contributed by atoms with Gasteiger partial charge in [0.15, 0.2) is 0 Å². The maximum Gasteiger partial charge on any atom is 0.335 e. The number of aromatic nitrogens is 1. The molecule has 1 unspecified atom stereocenters. The van der Waals surface area contributed by atoms with Gasteiger partial charge in [0.1, 0.15) is 0 Å². The molecule has 1 aromatic carbocycles. The second-order valence-corrected chi connectivity index (χ2v) is 6.19. The van der Waals surface area contributed by atoms with E-state index in [0.29, 0.717) is 5.02 Å². The van der Waals surface area contributed by atoms with Crippen LogP contribution in [0.25, 0.3) is 0 Å². The molecule has 0 bridgehead atoms. The molecule has 106 valence electrons. The number of thiazole rings is 1. The van der Waals surface area contributed by atoms with Crippen LogP contribution < -0.4 is 5.32 Å². The lowest BCUT2D eigenvalue weighted by Crippen LogP contribution is -2.07. The number of nitrogens with zero attached hydrogens (tertiary/aromatic N) is 1. The predicted molar refractivity (Wildman–Crippen MR) is 82.0 cm³/mol. The van der Waals surface area contributed by atoms with Gasteiger partial charge < -0.3 is 10.4 Å². The average Bonchev–Trinajstić information content (AvgIpc) is 2.70. The summed E-state index contributed by atoms with van der Waals surface area (Å²) >= 11 is 7.76. The van der Waals surface area contributed by atoms with Gasteiger partial charge in [-0.2, -0.15) is 0 Å². The van der Waals surface area contributed by atoms with E-state index in [2.05, 4.69) is 10.3 Å². The molecule has 0 aliphatic rings. The number of hydrogen-bond acceptors (Lipinski definition) is 4. The van der Waals surface area contributed by atoms with Crippen LogP contribution in [0.15, 0.2) is 18.2 Å². The van der Waals surface area contributed by atoms with Crippen molar-refractivity contribution in [1.29, 1.82) is 0 Å². The van der Waals surface area contributed by atoms with E-state index in [4.69, 9.17) is 16.7 Å². The summed E-state index contributed by atoms with van der Waals surface area (Å²) in [6.45, 7) is 5.98. The Morgan fingerprint density at radius 2 is 2.15 bits per heavy atom. The zero-order valence-electron chi connectivity index (χ0n) is 11.4. The lowest BCUT2D eigenvalue weighted by Gasteiger charge is -2.15. The molecule has 4 nitrogen and oxygen atoms in total. The molecule has 0 amide bonds. The molecule has 2 aromatic rings. The number of carboxylic acid groups (broad SMARTS) is 1. The zero-order chi connectivity index (χ0) is 14.9. The highest BCUT2D eigenvalue weighted by Gasteiger charge is 2.14. The standard InChI is InChI=1S/C14H15ClN2O2S/c1-7-13(20-9(3)16-7)8(2)17-12-5-4-10(14(18)19)6-11(12)15/h4-6,8,17H,1-3H3,(H,18,19). The first kappa shape index (κ1) is 14.8. The van der Waals surface area contributed by atoms with Gasteiger partial charge >= 0.3 is 5.97 Å². The molecule has 1 atom stereocenters. The number of hydrogen-bond donors (Lipinski definition) is 2. The molecule has 0 radical (unpaired) electrons. The molecule has 1 aromatic heterocycles. The molecule has 0 aliphatic carbocycles. The van der Waals surface area contributed by atoms with Gasteiger partial charge in [0.2, 0.25) is 0 Å². The number of carboxylic acids is 1. The average molecular weight is 311 g/mol. The summed E-state index contributed by atoms with van der Waals surface area (Å²) in [4.78, 5) is 16.4. The van der Waals surface area contributed by atoms with Crippen LogP contribution in [0.1, 0.15) is 38.9 Å². The smallest absolute Gasteiger partial charge is 0.335 e. The van der Waals surface area contributed by atoms with Crippen molar-refractivity contribution < 1.29 is 9.90 Å². The quantitative estimate of drug-likeness (QED) is 0.884. The number of nitrogens with one attached hydrogen (secondary N) is 1. The third-order valence-electron chi connectivity index (χ3n) is 2.92. The fourth-order valence-corrected chi connectivity index (χ4v) is 3.18. The van der Waals surface area contributed by atoms with Crippen molar-refractivity contribution in [1.82, 2.24) is 4.98 Å². The van der Waals surface area contributed by atoms with Gasteiger partial charge in [0.05, 0.1) is 33.0 Å². The Kier molecular flexibility index (Phi) is 4.30. The summed E-state index contributed by atoms with van der Waals surface area (Å²) in [5.74, 6) is -0.986. The molecule has 0 spiro atoms. The van der Waals surface area contributed by atoms with Crippen molar-refractivity contribution in [3.8, 4) is 0 Å². The Morgan fingerprint density at radius 1 is 1.45 bits per heavy atom. The van der Waals surface area contributed by atoms with E-state index < -0.39 is 5.97 Å². The molecule has 2 N–H and O–H groups in total. The molecule has 0 aliphatic heterocycles. The van der Waals surface area contributed by atoms with Gasteiger partial charge in [-0.3, -0.25) is 0 Å². The summed E-state index contributed by atoms with van der Waals surface area (Å²) in [6.07, 6.45) is 0. The number of aromatic carboxylic acids is 1. The van der Waals surface area contributed by atoms with E-state index in [0.717, 1.165) is 21.3 Å². The summed E-state index contributed by atoms with van der Waals surface area (Å²) in [6, 6.07) is 4.73. The van der Waals surface area contributed by atoms with Crippen LogP contribution in [-0.4, -0.2) is 16.1 Å². The van der Waals surface area contributed by atoms with Crippen molar-refractivity contribution in [2.45, 2.75) is 26.8 Å². The summed E-state index contributed by atoms with van der Waals surface area (Å²) in [5, 5.41) is 13.6. The Hall–Kier alpha value is -1.59. The van der Waals surface area contributed by atoms with Gasteiger partial charge in [-0.25, -0.2) is 9.78 Å². The minimum atomic E-state index is -0.986. The molecule has 0 saturated heterocycles. The normalized spacial score (nSPS) is 12.2. The van der Waals surface area contributed by atoms with Crippen molar-refractivity contribution in [2.24, 2.45) is 0 Å². The largest absolute Gasteiger partial charge is 0.478 e. The first-order valence-corrected chi connectivity index (χ1v) is 7.31. The molecule has 0 fully saturated rings. The molecule has 2 rings (SSSR count). The van der Waals surface area contributed by atoms with Gasteiger partial charge in [0.25, 0.3) is 0 Å². The maximum absolute atomic E-state index is 10.9. The van der Waals surface area contributed by atoms with E-state index in [-0.39, 0.29) is 11.6 Å². The minimum absolute atomic E-state index is 0.0642. The fraction of sp³-hybridized carbons (Fsp3) is 0.286. The Balaban J connectivity index is 2.22. The van der Waals surface area contributed by atoms with Crippen molar-refractivity contribution >= 4 is 34.6 Å². The number of anilines is 1. The van der Waals surface area contributed by atoms with E-state index in [1.54, 1.807) is 17.4 Å². The number of benzene rings is 1. The van der Waals surface area contributed by atoms with Crippen LogP contribution in [-0.2, 0) is 0 Å². The Bertz CT molecular complexity index is 655. The summed E-state index contributed by atoms with van der Waals surface area (Å²) in [7, 11) is 0. The van der Waals surface area contributed by atoms with Gasteiger partial charge in [-0.1, -0.05) is 11.6 Å². The highest BCUT2D eigenvalue weighted by molar-refractivity contribution is 7.11. The first-order valence-electron chi connectivity index (χ1n) is 6.11. The van der Waals surface area contributed by atoms with Crippen molar-refractivity contribution in [3.63, 3.8) is 0 Å². The summed E-state index contributed by atoms with van der Waals surface area (Å²) < 4.78 is 0. The second kappa shape index (κ2) is 5.81. The van der Waals surface area contributed by atoms with Crippen molar-refractivity contribution in [2.75, 3.05) is 5.32 Å². The Labute approximate surface area is 126 Å². The van der Waals surface area contributed by atoms with Crippen LogP contribution in [0.2, 0.25) is 5.02 Å². The van der Waals surface area contributed by atoms with Crippen LogP contribution in [0, 0.1) is 13.8 Å². The zero-order valence-corrected chi connectivity index (χ0v) is 13.0. The van der Waals surface area contributed by atoms with E-state index in [1.807, 2.05) is 20.8 Å². The third-order valence-corrected chi connectivity index (χ3v) is 4.49. The second-order valence-electron chi connectivity index (χ2n) is 4.55. The van der Waals surface area contributed by atoms with Gasteiger partial charge in [0, 0.05) is 4.88 Å². The number of rotatable bonds is 4. The number of halogens is 1. The molecule has 6 heteroatoms. The number of carbonyl (C=O) groups is 1. The van der Waals surface area contributed by atoms with Crippen LogP contribution in [0.4, 0.5) is 5.69 Å². The van der Waals surface area contributed by atoms with Crippen LogP contribution in [0.3, 0.4) is 0 Å². The first-order chi connectivity index (χ1) is 9.38. The molecule has 20 heavy (non-hydrogen) atoms. The topological polar surface area (TPSA) is 62.2 Å². The lowest BCUT2D eigenvalue weighted by molar-refractivity contribution is 0.0697. The van der Waals surface area contributed by atoms with E-state index in [9.17, 15) is 4.79 Å². The third kappa shape index (κ3) is 3.11. The van der Waals surface area contributed by atoms with Gasteiger partial charge in [-0.15, -0.1) is 11.3 Å². The predicted octanol–water partition coefficient (Wildman–Crippen LogP) is 4.28.